The molecule has 2 aromatic carbocycles. The molecule has 3 aromatic rings. The second kappa shape index (κ2) is 7.57. The monoisotopic (exact) mass is 350 g/mol. The first kappa shape index (κ1) is 17.3. The molecule has 0 saturated carbocycles. The number of benzene rings is 2. The van der Waals surface area contributed by atoms with Gasteiger partial charge in [0.25, 0.3) is 11.8 Å². The fraction of sp³-hybridized carbons (Fsp3) is 0.100. The zero-order chi connectivity index (χ0) is 18.5. The van der Waals surface area contributed by atoms with Crippen LogP contribution in [0, 0.1) is 6.92 Å². The van der Waals surface area contributed by atoms with E-state index in [1.165, 1.54) is 0 Å². The number of rotatable bonds is 5. The van der Waals surface area contributed by atoms with Gasteiger partial charge in [0, 0.05) is 16.9 Å². The molecule has 0 spiro atoms. The minimum absolute atomic E-state index is 0.240. The summed E-state index contributed by atoms with van der Waals surface area (Å²) in [5, 5.41) is 5.52. The average Bonchev–Trinajstić information content (AvgIpc) is 3.09. The van der Waals surface area contributed by atoms with E-state index < -0.39 is 0 Å². The molecule has 1 aromatic heterocycles. The molecule has 132 valence electrons. The molecule has 0 aliphatic rings. The molecule has 0 saturated heterocycles. The molecule has 3 rings (SSSR count). The Labute approximate surface area is 150 Å². The summed E-state index contributed by atoms with van der Waals surface area (Å²) < 4.78 is 10.4. The van der Waals surface area contributed by atoms with Crippen LogP contribution in [-0.4, -0.2) is 18.9 Å². The Balaban J connectivity index is 1.62. The molecule has 0 aliphatic carbocycles. The molecule has 0 bridgehead atoms. The van der Waals surface area contributed by atoms with Gasteiger partial charge in [0.05, 0.1) is 7.11 Å². The summed E-state index contributed by atoms with van der Waals surface area (Å²) in [6.45, 7) is 1.77. The van der Waals surface area contributed by atoms with Gasteiger partial charge in [-0.25, -0.2) is 0 Å². The number of anilines is 2. The van der Waals surface area contributed by atoms with Crippen LogP contribution in [0.1, 0.15) is 26.7 Å². The van der Waals surface area contributed by atoms with Gasteiger partial charge in [-0.3, -0.25) is 9.59 Å². The van der Waals surface area contributed by atoms with E-state index in [-0.39, 0.29) is 17.6 Å². The largest absolute Gasteiger partial charge is 0.497 e. The molecular formula is C20H18N2O4. The fourth-order valence-corrected chi connectivity index (χ4v) is 2.33. The molecule has 0 radical (unpaired) electrons. The molecule has 0 atom stereocenters. The van der Waals surface area contributed by atoms with E-state index >= 15 is 0 Å². The highest BCUT2D eigenvalue weighted by Gasteiger charge is 2.11. The number of amides is 2. The van der Waals surface area contributed by atoms with Crippen molar-refractivity contribution in [3.63, 3.8) is 0 Å². The summed E-state index contributed by atoms with van der Waals surface area (Å²) >= 11 is 0. The number of aryl methyl sites for hydroxylation is 1. The minimum atomic E-state index is -0.339. The smallest absolute Gasteiger partial charge is 0.291 e. The van der Waals surface area contributed by atoms with Crippen LogP contribution in [0.5, 0.6) is 5.75 Å². The zero-order valence-corrected chi connectivity index (χ0v) is 14.4. The van der Waals surface area contributed by atoms with E-state index in [4.69, 9.17) is 9.15 Å². The number of nitrogens with one attached hydrogen (secondary N) is 2. The third kappa shape index (κ3) is 4.10. The molecule has 6 heteroatoms. The molecular weight excluding hydrogens is 332 g/mol. The highest BCUT2D eigenvalue weighted by atomic mass is 16.5. The highest BCUT2D eigenvalue weighted by molar-refractivity contribution is 6.05. The maximum absolute atomic E-state index is 12.3. The number of carbonyl (C=O) groups is 2. The third-order valence-electron chi connectivity index (χ3n) is 3.72. The zero-order valence-electron chi connectivity index (χ0n) is 14.4. The Morgan fingerprint density at radius 1 is 0.808 bits per heavy atom. The van der Waals surface area contributed by atoms with Crippen LogP contribution in [0.2, 0.25) is 0 Å². The molecule has 0 aliphatic heterocycles. The first-order valence-electron chi connectivity index (χ1n) is 7.98. The van der Waals surface area contributed by atoms with Crippen molar-refractivity contribution in [1.29, 1.82) is 0 Å². The normalized spacial score (nSPS) is 10.2. The lowest BCUT2D eigenvalue weighted by molar-refractivity contribution is 0.0994. The lowest BCUT2D eigenvalue weighted by Gasteiger charge is -2.08. The molecule has 2 N–H and O–H groups in total. The highest BCUT2D eigenvalue weighted by Crippen LogP contribution is 2.17. The Morgan fingerprint density at radius 3 is 1.92 bits per heavy atom. The molecule has 2 amide bonds. The van der Waals surface area contributed by atoms with Gasteiger partial charge in [-0.15, -0.1) is 0 Å². The van der Waals surface area contributed by atoms with Crippen molar-refractivity contribution in [1.82, 2.24) is 0 Å². The molecule has 6 nitrogen and oxygen atoms in total. The summed E-state index contributed by atoms with van der Waals surface area (Å²) in [7, 11) is 1.58. The Morgan fingerprint density at radius 2 is 1.38 bits per heavy atom. The van der Waals surface area contributed by atoms with Gasteiger partial charge in [-0.2, -0.15) is 0 Å². The number of hydrogen-bond donors (Lipinski definition) is 2. The maximum Gasteiger partial charge on any atom is 0.291 e. The van der Waals surface area contributed by atoms with Crippen LogP contribution in [0.3, 0.4) is 0 Å². The van der Waals surface area contributed by atoms with Gasteiger partial charge in [-0.1, -0.05) is 0 Å². The SMILES string of the molecule is COc1ccc(NC(=O)c2ccc(NC(=O)c3ccc(C)o3)cc2)cc1. The lowest BCUT2D eigenvalue weighted by atomic mass is 10.2. The van der Waals surface area contributed by atoms with Crippen molar-refractivity contribution in [2.24, 2.45) is 0 Å². The van der Waals surface area contributed by atoms with E-state index in [1.807, 2.05) is 0 Å². The van der Waals surface area contributed by atoms with E-state index in [2.05, 4.69) is 10.6 Å². The van der Waals surface area contributed by atoms with Crippen LogP contribution in [0.4, 0.5) is 11.4 Å². The van der Waals surface area contributed by atoms with Crippen LogP contribution >= 0.6 is 0 Å². The summed E-state index contributed by atoms with van der Waals surface area (Å²) in [5.74, 6) is 1.04. The van der Waals surface area contributed by atoms with Gasteiger partial charge in [-0.05, 0) is 67.6 Å². The fourth-order valence-electron chi connectivity index (χ4n) is 2.33. The van der Waals surface area contributed by atoms with Crippen molar-refractivity contribution in [3.8, 4) is 5.75 Å². The van der Waals surface area contributed by atoms with Gasteiger partial charge < -0.3 is 19.8 Å². The standard InChI is InChI=1S/C20H18N2O4/c1-13-3-12-18(26-13)20(24)22-15-6-4-14(5-7-15)19(23)21-16-8-10-17(25-2)11-9-16/h3-12H,1-2H3,(H,21,23)(H,22,24). The summed E-state index contributed by atoms with van der Waals surface area (Å²) in [6, 6.07) is 17.0. The predicted octanol–water partition coefficient (Wildman–Crippen LogP) is 4.10. The van der Waals surface area contributed by atoms with Crippen molar-refractivity contribution >= 4 is 23.2 Å². The van der Waals surface area contributed by atoms with Crippen LogP contribution in [0.25, 0.3) is 0 Å². The number of ether oxygens (including phenoxy) is 1. The summed E-state index contributed by atoms with van der Waals surface area (Å²) in [6.07, 6.45) is 0. The Hall–Kier alpha value is -3.54. The molecule has 1 heterocycles. The van der Waals surface area contributed by atoms with Gasteiger partial charge >= 0.3 is 0 Å². The predicted molar refractivity (Wildman–Crippen MR) is 98.8 cm³/mol. The minimum Gasteiger partial charge on any atom is -0.497 e. The third-order valence-corrected chi connectivity index (χ3v) is 3.72. The number of carbonyl (C=O) groups excluding carboxylic acids is 2. The van der Waals surface area contributed by atoms with Crippen LogP contribution < -0.4 is 15.4 Å². The van der Waals surface area contributed by atoms with Crippen molar-refractivity contribution in [2.75, 3.05) is 17.7 Å². The summed E-state index contributed by atoms with van der Waals surface area (Å²) in [4.78, 5) is 24.3. The Bertz CT molecular complexity index is 912. The van der Waals surface area contributed by atoms with E-state index in [9.17, 15) is 9.59 Å². The van der Waals surface area contributed by atoms with E-state index in [0.717, 1.165) is 5.75 Å². The number of hydrogen-bond acceptors (Lipinski definition) is 4. The quantitative estimate of drug-likeness (QED) is 0.726. The molecule has 0 unspecified atom stereocenters. The van der Waals surface area contributed by atoms with Crippen molar-refractivity contribution in [2.45, 2.75) is 6.92 Å². The topological polar surface area (TPSA) is 80.6 Å². The molecule has 0 fully saturated rings. The first-order valence-corrected chi connectivity index (χ1v) is 7.98. The second-order valence-corrected chi connectivity index (χ2v) is 5.62. The number of methoxy groups -OCH3 is 1. The average molecular weight is 350 g/mol. The van der Waals surface area contributed by atoms with Gasteiger partial charge in [0.2, 0.25) is 0 Å². The van der Waals surface area contributed by atoms with Crippen LogP contribution in [0.15, 0.2) is 65.1 Å². The van der Waals surface area contributed by atoms with Crippen LogP contribution in [-0.2, 0) is 0 Å². The van der Waals surface area contributed by atoms with E-state index in [0.29, 0.717) is 22.7 Å². The number of furan rings is 1. The second-order valence-electron chi connectivity index (χ2n) is 5.62. The Kier molecular flexibility index (Phi) is 5.03. The van der Waals surface area contributed by atoms with E-state index in [1.54, 1.807) is 74.7 Å². The molecule has 26 heavy (non-hydrogen) atoms. The van der Waals surface area contributed by atoms with Crippen molar-refractivity contribution < 1.29 is 18.7 Å². The maximum atomic E-state index is 12.3. The van der Waals surface area contributed by atoms with Crippen molar-refractivity contribution in [3.05, 3.63) is 77.7 Å². The van der Waals surface area contributed by atoms with Gasteiger partial charge in [0.1, 0.15) is 11.5 Å². The first-order chi connectivity index (χ1) is 12.5. The lowest BCUT2D eigenvalue weighted by Crippen LogP contribution is -2.13. The summed E-state index contributed by atoms with van der Waals surface area (Å²) in [5.41, 5.74) is 1.72. The van der Waals surface area contributed by atoms with Gasteiger partial charge in [0.15, 0.2) is 5.76 Å².